The van der Waals surface area contributed by atoms with Crippen molar-refractivity contribution in [2.75, 3.05) is 23.7 Å². The lowest BCUT2D eigenvalue weighted by molar-refractivity contribution is 0.0257. The summed E-state index contributed by atoms with van der Waals surface area (Å²) in [4.78, 5) is 1.57. The van der Waals surface area contributed by atoms with Crippen molar-refractivity contribution in [3.8, 4) is 6.07 Å². The molecule has 5 heteroatoms. The molecule has 1 aromatic carbocycles. The Hall–Kier alpha value is -1.83. The smallest absolute Gasteiger partial charge is 0.266 e. The Morgan fingerprint density at radius 1 is 1.44 bits per heavy atom. The van der Waals surface area contributed by atoms with E-state index in [0.29, 0.717) is 23.5 Å². The molecule has 16 heavy (non-hydrogen) atoms. The minimum Gasteiger partial charge on any atom is -0.398 e. The van der Waals surface area contributed by atoms with Crippen LogP contribution in [0.2, 0.25) is 0 Å². The number of nitrogens with zero attached hydrogens (tertiary/aromatic N) is 2. The van der Waals surface area contributed by atoms with Gasteiger partial charge in [-0.05, 0) is 18.2 Å². The van der Waals surface area contributed by atoms with Crippen molar-refractivity contribution >= 4 is 11.4 Å². The molecule has 0 amide bonds. The summed E-state index contributed by atoms with van der Waals surface area (Å²) < 4.78 is 26.0. The van der Waals surface area contributed by atoms with Crippen LogP contribution in [-0.4, -0.2) is 19.0 Å². The van der Waals surface area contributed by atoms with Gasteiger partial charge in [0.1, 0.15) is 6.07 Å². The van der Waals surface area contributed by atoms with Crippen LogP contribution in [0.25, 0.3) is 0 Å². The predicted molar refractivity (Wildman–Crippen MR) is 57.3 cm³/mol. The zero-order valence-corrected chi connectivity index (χ0v) is 8.58. The molecule has 1 fully saturated rings. The van der Waals surface area contributed by atoms with E-state index in [1.807, 2.05) is 6.07 Å². The minimum absolute atomic E-state index is 0.140. The zero-order chi connectivity index (χ0) is 11.8. The SMILES string of the molecule is N#Cc1cc(N2CCC(F)(F)C2)ccc1N. The second kappa shape index (κ2) is 3.63. The first kappa shape index (κ1) is 10.7. The number of nitriles is 1. The van der Waals surface area contributed by atoms with Crippen molar-refractivity contribution in [3.63, 3.8) is 0 Å². The van der Waals surface area contributed by atoms with Crippen molar-refractivity contribution in [2.24, 2.45) is 0 Å². The van der Waals surface area contributed by atoms with E-state index in [0.717, 1.165) is 0 Å². The largest absolute Gasteiger partial charge is 0.398 e. The Morgan fingerprint density at radius 3 is 2.75 bits per heavy atom. The third kappa shape index (κ3) is 1.91. The molecule has 1 heterocycles. The molecule has 0 aromatic heterocycles. The van der Waals surface area contributed by atoms with Crippen LogP contribution < -0.4 is 10.6 Å². The number of rotatable bonds is 1. The highest BCUT2D eigenvalue weighted by Crippen LogP contribution is 2.31. The van der Waals surface area contributed by atoms with E-state index >= 15 is 0 Å². The molecular weight excluding hydrogens is 212 g/mol. The van der Waals surface area contributed by atoms with E-state index in [-0.39, 0.29) is 13.0 Å². The maximum atomic E-state index is 13.0. The summed E-state index contributed by atoms with van der Waals surface area (Å²) >= 11 is 0. The Morgan fingerprint density at radius 2 is 2.19 bits per heavy atom. The van der Waals surface area contributed by atoms with Crippen molar-refractivity contribution in [1.82, 2.24) is 0 Å². The first-order valence-corrected chi connectivity index (χ1v) is 4.94. The molecule has 1 aliphatic heterocycles. The van der Waals surface area contributed by atoms with Crippen LogP contribution in [0.15, 0.2) is 18.2 Å². The van der Waals surface area contributed by atoms with E-state index in [4.69, 9.17) is 11.0 Å². The summed E-state index contributed by atoms with van der Waals surface area (Å²) in [5, 5.41) is 8.79. The van der Waals surface area contributed by atoms with Gasteiger partial charge in [-0.1, -0.05) is 0 Å². The molecule has 0 radical (unpaired) electrons. The van der Waals surface area contributed by atoms with Gasteiger partial charge in [0.05, 0.1) is 12.1 Å². The van der Waals surface area contributed by atoms with Crippen LogP contribution in [0, 0.1) is 11.3 Å². The topological polar surface area (TPSA) is 53.0 Å². The second-order valence-corrected chi connectivity index (χ2v) is 3.91. The normalized spacial score (nSPS) is 18.4. The van der Waals surface area contributed by atoms with Gasteiger partial charge in [0.25, 0.3) is 5.92 Å². The van der Waals surface area contributed by atoms with Gasteiger partial charge in [-0.25, -0.2) is 8.78 Å². The van der Waals surface area contributed by atoms with Crippen LogP contribution in [0.1, 0.15) is 12.0 Å². The molecular formula is C11H11F2N3. The fourth-order valence-corrected chi connectivity index (χ4v) is 1.79. The van der Waals surface area contributed by atoms with Gasteiger partial charge in [0, 0.05) is 24.3 Å². The molecule has 1 saturated heterocycles. The third-order valence-electron chi connectivity index (χ3n) is 2.69. The molecule has 1 aromatic rings. The monoisotopic (exact) mass is 223 g/mol. The minimum atomic E-state index is -2.63. The van der Waals surface area contributed by atoms with Crippen molar-refractivity contribution in [3.05, 3.63) is 23.8 Å². The molecule has 2 N–H and O–H groups in total. The van der Waals surface area contributed by atoms with Crippen LogP contribution >= 0.6 is 0 Å². The lowest BCUT2D eigenvalue weighted by Gasteiger charge is -2.18. The number of nitrogens with two attached hydrogens (primary N) is 1. The van der Waals surface area contributed by atoms with Crippen LogP contribution in [0.3, 0.4) is 0 Å². The summed E-state index contributed by atoms with van der Waals surface area (Å²) in [5.74, 6) is -2.63. The highest BCUT2D eigenvalue weighted by Gasteiger charge is 2.38. The third-order valence-corrected chi connectivity index (χ3v) is 2.69. The number of nitrogen functional groups attached to an aromatic ring is 1. The molecule has 0 aliphatic carbocycles. The van der Waals surface area contributed by atoms with E-state index in [2.05, 4.69) is 0 Å². The van der Waals surface area contributed by atoms with E-state index in [9.17, 15) is 8.78 Å². The van der Waals surface area contributed by atoms with Gasteiger partial charge < -0.3 is 10.6 Å². The number of alkyl halides is 2. The molecule has 3 nitrogen and oxygen atoms in total. The number of hydrogen-bond donors (Lipinski definition) is 1. The van der Waals surface area contributed by atoms with Gasteiger partial charge in [0.15, 0.2) is 0 Å². The summed E-state index contributed by atoms with van der Waals surface area (Å²) in [6.07, 6.45) is -0.140. The highest BCUT2D eigenvalue weighted by atomic mass is 19.3. The number of hydrogen-bond acceptors (Lipinski definition) is 3. The Bertz CT molecular complexity index is 451. The van der Waals surface area contributed by atoms with Gasteiger partial charge in [0.2, 0.25) is 0 Å². The van der Waals surface area contributed by atoms with Crippen LogP contribution in [-0.2, 0) is 0 Å². The first-order chi connectivity index (χ1) is 7.52. The summed E-state index contributed by atoms with van der Waals surface area (Å²) in [5.41, 5.74) is 6.89. The first-order valence-electron chi connectivity index (χ1n) is 4.94. The van der Waals surface area contributed by atoms with Gasteiger partial charge in [-0.15, -0.1) is 0 Å². The number of halogens is 2. The Kier molecular flexibility index (Phi) is 2.43. The fourth-order valence-electron chi connectivity index (χ4n) is 1.79. The molecule has 0 saturated carbocycles. The average Bonchev–Trinajstić information content (AvgIpc) is 2.59. The number of anilines is 2. The average molecular weight is 223 g/mol. The molecule has 0 spiro atoms. The van der Waals surface area contributed by atoms with Crippen molar-refractivity contribution in [1.29, 1.82) is 5.26 Å². The maximum Gasteiger partial charge on any atom is 0.266 e. The summed E-state index contributed by atoms with van der Waals surface area (Å²) in [6, 6.07) is 6.73. The molecule has 84 valence electrons. The van der Waals surface area contributed by atoms with Gasteiger partial charge in [-0.2, -0.15) is 5.26 Å². The quantitative estimate of drug-likeness (QED) is 0.741. The zero-order valence-electron chi connectivity index (χ0n) is 8.58. The van der Waals surface area contributed by atoms with Crippen molar-refractivity contribution < 1.29 is 8.78 Å². The van der Waals surface area contributed by atoms with E-state index in [1.165, 1.54) is 0 Å². The fraction of sp³-hybridized carbons (Fsp3) is 0.364. The molecule has 0 bridgehead atoms. The summed E-state index contributed by atoms with van der Waals surface area (Å²) in [7, 11) is 0. The molecule has 0 unspecified atom stereocenters. The lowest BCUT2D eigenvalue weighted by atomic mass is 10.1. The second-order valence-electron chi connectivity index (χ2n) is 3.91. The Labute approximate surface area is 92.1 Å². The van der Waals surface area contributed by atoms with E-state index < -0.39 is 5.92 Å². The molecule has 0 atom stereocenters. The standard InChI is InChI=1S/C11H11F2N3/c12-11(13)3-4-16(7-11)9-1-2-10(15)8(5-9)6-14/h1-2,5H,3-4,7,15H2. The van der Waals surface area contributed by atoms with Crippen LogP contribution in [0.5, 0.6) is 0 Å². The summed E-state index contributed by atoms with van der Waals surface area (Å²) in [6.45, 7) is 0.0174. The molecule has 1 aliphatic rings. The van der Waals surface area contributed by atoms with Crippen molar-refractivity contribution in [2.45, 2.75) is 12.3 Å². The highest BCUT2D eigenvalue weighted by molar-refractivity contribution is 5.63. The predicted octanol–water partition coefficient (Wildman–Crippen LogP) is 1.99. The maximum absolute atomic E-state index is 13.0. The lowest BCUT2D eigenvalue weighted by Crippen LogP contribution is -2.24. The van der Waals surface area contributed by atoms with Crippen LogP contribution in [0.4, 0.5) is 20.2 Å². The molecule has 2 rings (SSSR count). The van der Waals surface area contributed by atoms with E-state index in [1.54, 1.807) is 23.1 Å². The number of benzene rings is 1. The van der Waals surface area contributed by atoms with Gasteiger partial charge >= 0.3 is 0 Å². The Balaban J connectivity index is 2.26. The van der Waals surface area contributed by atoms with Gasteiger partial charge in [-0.3, -0.25) is 0 Å².